The van der Waals surface area contributed by atoms with E-state index in [4.69, 9.17) is 33.5 Å². The van der Waals surface area contributed by atoms with Crippen molar-refractivity contribution in [2.24, 2.45) is 4.99 Å². The third-order valence-electron chi connectivity index (χ3n) is 6.97. The highest BCUT2D eigenvalue weighted by atomic mass is 35.5. The number of nitrogens with one attached hydrogen (secondary N) is 1. The molecular weight excluding hydrogens is 567 g/mol. The lowest BCUT2D eigenvalue weighted by Crippen LogP contribution is -2.62. The van der Waals surface area contributed by atoms with Gasteiger partial charge in [-0.3, -0.25) is 14.7 Å². The summed E-state index contributed by atoms with van der Waals surface area (Å²) in [6, 6.07) is 2.08. The number of piperazine rings is 1. The number of esters is 1. The molecule has 3 atom stereocenters. The number of hydrogen-bond donors (Lipinski definition) is 2. The summed E-state index contributed by atoms with van der Waals surface area (Å²) in [6.45, 7) is 3.24. The number of carboxylic acid groups (broad SMARTS) is 1. The van der Waals surface area contributed by atoms with Gasteiger partial charge in [-0.1, -0.05) is 23.7 Å². The van der Waals surface area contributed by atoms with Crippen LogP contribution in [0.15, 0.2) is 46.0 Å². The van der Waals surface area contributed by atoms with Gasteiger partial charge in [-0.2, -0.15) is 0 Å². The number of carboxylic acids is 1. The number of thiocarbonyl (C=S) groups is 1. The Bertz CT molecular complexity index is 1370. The number of nitrogens with zero attached hydrogens (tertiary/aromatic N) is 5. The first kappa shape index (κ1) is 27.4. The molecule has 0 bridgehead atoms. The van der Waals surface area contributed by atoms with E-state index in [1.807, 2.05) is 21.7 Å². The van der Waals surface area contributed by atoms with Crippen molar-refractivity contribution in [2.75, 3.05) is 39.8 Å². The number of ether oxygens (including phenoxy) is 1. The summed E-state index contributed by atoms with van der Waals surface area (Å²) in [4.78, 5) is 40.6. The zero-order valence-electron chi connectivity index (χ0n) is 21.1. The summed E-state index contributed by atoms with van der Waals surface area (Å²) in [6.07, 6.45) is 1.62. The number of rotatable bonds is 7. The predicted octanol–water partition coefficient (Wildman–Crippen LogP) is 2.51. The van der Waals surface area contributed by atoms with Gasteiger partial charge in [-0.25, -0.2) is 14.2 Å². The molecule has 3 aliphatic rings. The third kappa shape index (κ3) is 5.11. The Morgan fingerprint density at radius 2 is 2.15 bits per heavy atom. The molecule has 0 amide bonds. The van der Waals surface area contributed by atoms with Gasteiger partial charge in [-0.05, 0) is 25.2 Å². The van der Waals surface area contributed by atoms with Gasteiger partial charge in [0.25, 0.3) is 0 Å². The topological polar surface area (TPSA) is 111 Å². The number of aliphatic imine (C=N–C) groups is 1. The molecule has 2 fully saturated rings. The van der Waals surface area contributed by atoms with Crippen LogP contribution >= 0.6 is 35.2 Å². The zero-order valence-corrected chi connectivity index (χ0v) is 23.5. The van der Waals surface area contributed by atoms with Crippen molar-refractivity contribution in [1.29, 1.82) is 0 Å². The smallest absolute Gasteiger partial charge is 0.338 e. The molecule has 2 aromatic rings. The molecule has 3 aliphatic heterocycles. The molecule has 10 nitrogen and oxygen atoms in total. The molecule has 206 valence electrons. The number of likely N-dealkylation sites (N-methyl/N-ethyl adjacent to an activating group) is 1. The lowest BCUT2D eigenvalue weighted by Gasteiger charge is -2.43. The minimum Gasteiger partial charge on any atom is -0.480 e. The maximum absolute atomic E-state index is 14.5. The molecule has 2 saturated heterocycles. The highest BCUT2D eigenvalue weighted by molar-refractivity contribution is 7.80. The fourth-order valence-corrected chi connectivity index (χ4v) is 6.36. The number of hydrogen-bond acceptors (Lipinski definition) is 9. The van der Waals surface area contributed by atoms with Gasteiger partial charge < -0.3 is 25.0 Å². The van der Waals surface area contributed by atoms with Crippen molar-refractivity contribution in [3.05, 3.63) is 62.5 Å². The highest BCUT2D eigenvalue weighted by Crippen LogP contribution is 2.38. The lowest BCUT2D eigenvalue weighted by molar-refractivity contribution is -0.146. The van der Waals surface area contributed by atoms with E-state index in [9.17, 15) is 19.1 Å². The van der Waals surface area contributed by atoms with Crippen molar-refractivity contribution >= 4 is 58.0 Å². The maximum Gasteiger partial charge on any atom is 0.338 e. The van der Waals surface area contributed by atoms with E-state index in [-0.39, 0.29) is 35.4 Å². The predicted molar refractivity (Wildman–Crippen MR) is 148 cm³/mol. The Labute approximate surface area is 238 Å². The summed E-state index contributed by atoms with van der Waals surface area (Å²) in [5, 5.41) is 16.3. The number of carbonyl (C=O) groups is 2. The molecule has 0 saturated carbocycles. The fourth-order valence-electron chi connectivity index (χ4n) is 5.25. The Balaban J connectivity index is 1.60. The summed E-state index contributed by atoms with van der Waals surface area (Å²) in [5.74, 6) is -1.92. The van der Waals surface area contributed by atoms with Crippen LogP contribution in [-0.2, 0) is 14.3 Å². The lowest BCUT2D eigenvalue weighted by atomic mass is 9.94. The van der Waals surface area contributed by atoms with Crippen molar-refractivity contribution < 1.29 is 23.8 Å². The van der Waals surface area contributed by atoms with E-state index in [1.54, 1.807) is 24.6 Å². The number of benzene rings is 1. The largest absolute Gasteiger partial charge is 0.480 e. The Morgan fingerprint density at radius 3 is 2.85 bits per heavy atom. The number of aromatic nitrogens is 1. The Kier molecular flexibility index (Phi) is 7.85. The van der Waals surface area contributed by atoms with Gasteiger partial charge in [0.05, 0.1) is 23.2 Å². The molecule has 4 heterocycles. The van der Waals surface area contributed by atoms with E-state index in [2.05, 4.69) is 10.3 Å². The maximum atomic E-state index is 14.5. The number of thiazole rings is 1. The second-order valence-corrected chi connectivity index (χ2v) is 10.9. The molecular formula is C25H26ClFN6O4S2. The monoisotopic (exact) mass is 592 g/mol. The van der Waals surface area contributed by atoms with E-state index < -0.39 is 29.8 Å². The van der Waals surface area contributed by atoms with Crippen LogP contribution in [0.4, 0.5) is 4.39 Å². The molecule has 0 radical (unpaired) electrons. The first-order valence-corrected chi connectivity index (χ1v) is 13.9. The number of amidine groups is 1. The molecule has 1 aromatic carbocycles. The van der Waals surface area contributed by atoms with Crippen molar-refractivity contribution in [1.82, 2.24) is 25.0 Å². The van der Waals surface area contributed by atoms with Crippen molar-refractivity contribution in [3.63, 3.8) is 0 Å². The molecule has 0 spiro atoms. The first-order chi connectivity index (χ1) is 18.7. The van der Waals surface area contributed by atoms with Gasteiger partial charge in [0.2, 0.25) is 0 Å². The van der Waals surface area contributed by atoms with E-state index >= 15 is 0 Å². The average Bonchev–Trinajstić information content (AvgIpc) is 3.53. The van der Waals surface area contributed by atoms with Gasteiger partial charge in [0.1, 0.15) is 17.9 Å². The Morgan fingerprint density at radius 1 is 1.36 bits per heavy atom. The van der Waals surface area contributed by atoms with Crippen LogP contribution < -0.4 is 5.32 Å². The van der Waals surface area contributed by atoms with E-state index in [0.29, 0.717) is 41.3 Å². The van der Waals surface area contributed by atoms with Gasteiger partial charge >= 0.3 is 11.9 Å². The number of aliphatic carboxylic acids is 1. The van der Waals surface area contributed by atoms with E-state index in [0.717, 1.165) is 0 Å². The quantitative estimate of drug-likeness (QED) is 0.367. The van der Waals surface area contributed by atoms with Crippen LogP contribution in [-0.4, -0.2) is 99.6 Å². The number of fused-ring (bicyclic) bond motifs is 1. The van der Waals surface area contributed by atoms with Crippen LogP contribution in [0.1, 0.15) is 23.5 Å². The van der Waals surface area contributed by atoms with Crippen LogP contribution in [0, 0.1) is 5.82 Å². The number of carbonyl (C=O) groups excluding carboxylic acids is 1. The number of halogens is 2. The second-order valence-electron chi connectivity index (χ2n) is 9.28. The van der Waals surface area contributed by atoms with Gasteiger partial charge in [0, 0.05) is 56.1 Å². The molecule has 2 N–H and O–H groups in total. The first-order valence-electron chi connectivity index (χ1n) is 12.3. The Hall–Kier alpha value is -3.13. The minimum absolute atomic E-state index is 0.0692. The van der Waals surface area contributed by atoms with Gasteiger partial charge in [0.15, 0.2) is 16.0 Å². The normalized spacial score (nSPS) is 23.4. The molecule has 39 heavy (non-hydrogen) atoms. The average molecular weight is 593 g/mol. The standard InChI is InChI=1S/C25H26ClFN6O4S2/c1-3-37-24(36)17-15(11-32-8-9-33-16(20(32)23(34)35)12-31(2)25(33)38)29-21(22-28-7-10-39-22)30-19(17)13-5-4-6-14(27)18(13)26/h4-7,10,16,19-20H,3,8-9,11-12H2,1-2H3,(H,29,30)(H,34,35). The fraction of sp³-hybridized carbons (Fsp3) is 0.400. The van der Waals surface area contributed by atoms with Crippen LogP contribution in [0.25, 0.3) is 0 Å². The summed E-state index contributed by atoms with van der Waals surface area (Å²) in [7, 11) is 1.85. The molecule has 1 aromatic heterocycles. The van der Waals surface area contributed by atoms with Crippen molar-refractivity contribution in [2.45, 2.75) is 25.0 Å². The molecule has 5 rings (SSSR count). The van der Waals surface area contributed by atoms with Crippen LogP contribution in [0.5, 0.6) is 0 Å². The van der Waals surface area contributed by atoms with Crippen molar-refractivity contribution in [3.8, 4) is 0 Å². The van der Waals surface area contributed by atoms with E-state index in [1.165, 1.54) is 23.5 Å². The minimum atomic E-state index is -1.00. The molecule has 0 aliphatic carbocycles. The zero-order chi connectivity index (χ0) is 27.8. The molecule has 3 unspecified atom stereocenters. The summed E-state index contributed by atoms with van der Waals surface area (Å²) < 4.78 is 19.9. The third-order valence-corrected chi connectivity index (χ3v) is 8.69. The summed E-state index contributed by atoms with van der Waals surface area (Å²) >= 11 is 13.2. The second kappa shape index (κ2) is 11.2. The SMILES string of the molecule is CCOC(=O)C1=C(CN2CCN3C(=S)N(C)CC3C2C(=O)O)NC(c2nccs2)=NC1c1cccc(F)c1Cl. The van der Waals surface area contributed by atoms with Crippen LogP contribution in [0.3, 0.4) is 0 Å². The van der Waals surface area contributed by atoms with Crippen LogP contribution in [0.2, 0.25) is 5.02 Å². The summed E-state index contributed by atoms with van der Waals surface area (Å²) in [5.41, 5.74) is 0.818. The highest BCUT2D eigenvalue weighted by Gasteiger charge is 2.47. The van der Waals surface area contributed by atoms with Gasteiger partial charge in [-0.15, -0.1) is 11.3 Å². The molecule has 14 heteroatoms.